The number of aliphatic hydroxyl groups excluding tert-OH is 1. The van der Waals surface area contributed by atoms with Gasteiger partial charge in [-0.1, -0.05) is 0 Å². The van der Waals surface area contributed by atoms with E-state index in [4.69, 9.17) is 5.11 Å². The Morgan fingerprint density at radius 3 is 2.50 bits per heavy atom. The average Bonchev–Trinajstić information content (AvgIpc) is 2.65. The number of nitrogens with one attached hydrogen (secondary N) is 1. The summed E-state index contributed by atoms with van der Waals surface area (Å²) >= 11 is 0. The van der Waals surface area contributed by atoms with E-state index in [1.807, 2.05) is 0 Å². The fourth-order valence-corrected chi connectivity index (χ4v) is 1.70. The van der Waals surface area contributed by atoms with Crippen molar-refractivity contribution in [2.45, 2.75) is 32.4 Å². The van der Waals surface area contributed by atoms with Gasteiger partial charge in [-0.2, -0.15) is 0 Å². The van der Waals surface area contributed by atoms with Crippen LogP contribution in [0.1, 0.15) is 20.3 Å². The fourth-order valence-electron chi connectivity index (χ4n) is 1.70. The third-order valence-corrected chi connectivity index (χ3v) is 2.90. The minimum atomic E-state index is -1.06. The number of carbonyl (C=O) groups is 2. The number of nitrogens with zero attached hydrogens (tertiary/aromatic N) is 1. The highest BCUT2D eigenvalue weighted by Gasteiger charge is 2.30. The maximum absolute atomic E-state index is 11.6. The maximum atomic E-state index is 11.6. The predicted octanol–water partition coefficient (Wildman–Crippen LogP) is -0.128. The maximum Gasteiger partial charge on any atom is 0.325 e. The molecule has 0 aromatic carbocycles. The number of urea groups is 1. The Morgan fingerprint density at radius 1 is 1.44 bits per heavy atom. The number of rotatable bonds is 3. The summed E-state index contributed by atoms with van der Waals surface area (Å²) in [5.41, 5.74) is 0. The van der Waals surface area contributed by atoms with Crippen molar-refractivity contribution in [2.75, 3.05) is 13.1 Å². The SMILES string of the molecule is CC(O)C1CCN(C(=O)N[C@@H](C)C(=O)O)C1. The van der Waals surface area contributed by atoms with Crippen molar-refractivity contribution >= 4 is 12.0 Å². The molecule has 16 heavy (non-hydrogen) atoms. The average molecular weight is 230 g/mol. The Labute approximate surface area is 94.2 Å². The highest BCUT2D eigenvalue weighted by molar-refractivity contribution is 5.82. The first kappa shape index (κ1) is 12.8. The molecule has 0 aliphatic carbocycles. The molecule has 1 rings (SSSR count). The molecule has 0 radical (unpaired) electrons. The second kappa shape index (κ2) is 5.16. The smallest absolute Gasteiger partial charge is 0.325 e. The third-order valence-electron chi connectivity index (χ3n) is 2.90. The van der Waals surface area contributed by atoms with Crippen molar-refractivity contribution < 1.29 is 19.8 Å². The topological polar surface area (TPSA) is 89.9 Å². The summed E-state index contributed by atoms with van der Waals surface area (Å²) in [6, 6.07) is -1.27. The van der Waals surface area contributed by atoms with Crippen LogP contribution in [0.3, 0.4) is 0 Å². The zero-order valence-electron chi connectivity index (χ0n) is 9.51. The molecule has 3 N–H and O–H groups in total. The molecule has 1 heterocycles. The van der Waals surface area contributed by atoms with Gasteiger partial charge in [-0.05, 0) is 20.3 Å². The van der Waals surface area contributed by atoms with E-state index >= 15 is 0 Å². The Balaban J connectivity index is 2.42. The number of hydrogen-bond acceptors (Lipinski definition) is 3. The molecule has 1 fully saturated rings. The van der Waals surface area contributed by atoms with Crippen LogP contribution in [0.2, 0.25) is 0 Å². The molecule has 3 atom stereocenters. The normalized spacial score (nSPS) is 23.9. The van der Waals surface area contributed by atoms with Crippen LogP contribution >= 0.6 is 0 Å². The molecule has 0 spiro atoms. The van der Waals surface area contributed by atoms with Crippen molar-refractivity contribution in [1.82, 2.24) is 10.2 Å². The molecule has 1 saturated heterocycles. The van der Waals surface area contributed by atoms with Gasteiger partial charge in [-0.15, -0.1) is 0 Å². The highest BCUT2D eigenvalue weighted by Crippen LogP contribution is 2.19. The van der Waals surface area contributed by atoms with Gasteiger partial charge in [-0.3, -0.25) is 4.79 Å². The summed E-state index contributed by atoms with van der Waals surface area (Å²) in [6.45, 7) is 4.16. The van der Waals surface area contributed by atoms with Gasteiger partial charge in [0.15, 0.2) is 0 Å². The number of aliphatic hydroxyl groups is 1. The lowest BCUT2D eigenvalue weighted by molar-refractivity contribution is -0.138. The van der Waals surface area contributed by atoms with Crippen molar-refractivity contribution in [3.63, 3.8) is 0 Å². The second-order valence-corrected chi connectivity index (χ2v) is 4.24. The van der Waals surface area contributed by atoms with Crippen molar-refractivity contribution in [3.05, 3.63) is 0 Å². The number of carboxylic acids is 1. The minimum absolute atomic E-state index is 0.0888. The lowest BCUT2D eigenvalue weighted by Gasteiger charge is -2.19. The van der Waals surface area contributed by atoms with Gasteiger partial charge in [0, 0.05) is 19.0 Å². The van der Waals surface area contributed by atoms with Crippen LogP contribution in [0.25, 0.3) is 0 Å². The Kier molecular flexibility index (Phi) is 4.12. The summed E-state index contributed by atoms with van der Waals surface area (Å²) in [6.07, 6.45) is 0.321. The molecule has 1 aliphatic heterocycles. The molecule has 0 saturated carbocycles. The van der Waals surface area contributed by atoms with Crippen LogP contribution in [0.4, 0.5) is 4.79 Å². The number of amides is 2. The number of carboxylic acid groups (broad SMARTS) is 1. The molecule has 0 bridgehead atoms. The zero-order chi connectivity index (χ0) is 12.3. The number of aliphatic carboxylic acids is 1. The molecule has 2 amide bonds. The van der Waals surface area contributed by atoms with Gasteiger partial charge in [0.2, 0.25) is 0 Å². The zero-order valence-corrected chi connectivity index (χ0v) is 9.51. The van der Waals surface area contributed by atoms with E-state index in [0.717, 1.165) is 6.42 Å². The van der Waals surface area contributed by atoms with Crippen molar-refractivity contribution in [3.8, 4) is 0 Å². The van der Waals surface area contributed by atoms with Crippen LogP contribution in [-0.2, 0) is 4.79 Å². The first-order valence-corrected chi connectivity index (χ1v) is 5.38. The lowest BCUT2D eigenvalue weighted by atomic mass is 10.0. The van der Waals surface area contributed by atoms with Crippen LogP contribution in [0.5, 0.6) is 0 Å². The van der Waals surface area contributed by atoms with Crippen molar-refractivity contribution in [2.24, 2.45) is 5.92 Å². The summed E-state index contributed by atoms with van der Waals surface area (Å²) in [4.78, 5) is 23.7. The lowest BCUT2D eigenvalue weighted by Crippen LogP contribution is -2.46. The monoisotopic (exact) mass is 230 g/mol. The number of carbonyl (C=O) groups excluding carboxylic acids is 1. The van der Waals surface area contributed by atoms with Gasteiger partial charge in [0.25, 0.3) is 0 Å². The van der Waals surface area contributed by atoms with Crippen LogP contribution < -0.4 is 5.32 Å². The van der Waals surface area contributed by atoms with E-state index in [0.29, 0.717) is 13.1 Å². The predicted molar refractivity (Wildman–Crippen MR) is 57.0 cm³/mol. The van der Waals surface area contributed by atoms with E-state index in [-0.39, 0.29) is 11.9 Å². The summed E-state index contributed by atoms with van der Waals surface area (Å²) in [7, 11) is 0. The van der Waals surface area contributed by atoms with Gasteiger partial charge < -0.3 is 20.4 Å². The molecule has 0 aromatic heterocycles. The van der Waals surface area contributed by atoms with Gasteiger partial charge in [0.1, 0.15) is 6.04 Å². The van der Waals surface area contributed by atoms with Gasteiger partial charge in [0.05, 0.1) is 6.10 Å². The summed E-state index contributed by atoms with van der Waals surface area (Å²) in [5, 5.41) is 20.4. The quantitative estimate of drug-likeness (QED) is 0.630. The molecule has 0 aromatic rings. The second-order valence-electron chi connectivity index (χ2n) is 4.24. The Hall–Kier alpha value is -1.30. The summed E-state index contributed by atoms with van der Waals surface area (Å²) < 4.78 is 0. The number of hydrogen-bond donors (Lipinski definition) is 3. The van der Waals surface area contributed by atoms with Crippen LogP contribution in [-0.4, -0.2) is 52.3 Å². The summed E-state index contributed by atoms with van der Waals surface area (Å²) in [5.74, 6) is -0.967. The first-order valence-electron chi connectivity index (χ1n) is 5.38. The first-order chi connectivity index (χ1) is 7.41. The Morgan fingerprint density at radius 2 is 2.06 bits per heavy atom. The molecule has 6 nitrogen and oxygen atoms in total. The number of likely N-dealkylation sites (tertiary alicyclic amines) is 1. The molecule has 92 valence electrons. The standard InChI is InChI=1S/C10H18N2O4/c1-6(9(14)15)11-10(16)12-4-3-8(5-12)7(2)13/h6-8,13H,3-5H2,1-2H3,(H,11,16)(H,14,15)/t6-,7?,8?/m0/s1. The third kappa shape index (κ3) is 3.10. The fraction of sp³-hybridized carbons (Fsp3) is 0.800. The van der Waals surface area contributed by atoms with Crippen LogP contribution in [0, 0.1) is 5.92 Å². The molecule has 2 unspecified atom stereocenters. The highest BCUT2D eigenvalue weighted by atomic mass is 16.4. The van der Waals surface area contributed by atoms with Crippen molar-refractivity contribution in [1.29, 1.82) is 0 Å². The van der Waals surface area contributed by atoms with E-state index in [9.17, 15) is 14.7 Å². The van der Waals surface area contributed by atoms with E-state index < -0.39 is 18.1 Å². The van der Waals surface area contributed by atoms with Crippen LogP contribution in [0.15, 0.2) is 0 Å². The minimum Gasteiger partial charge on any atom is -0.480 e. The molecule has 6 heteroatoms. The largest absolute Gasteiger partial charge is 0.480 e. The Bertz CT molecular complexity index is 280. The van der Waals surface area contributed by atoms with E-state index in [2.05, 4.69) is 5.32 Å². The molecule has 1 aliphatic rings. The molecular weight excluding hydrogens is 212 g/mol. The van der Waals surface area contributed by atoms with E-state index in [1.54, 1.807) is 6.92 Å². The van der Waals surface area contributed by atoms with Gasteiger partial charge in [-0.25, -0.2) is 4.79 Å². The van der Waals surface area contributed by atoms with Gasteiger partial charge >= 0.3 is 12.0 Å². The van der Waals surface area contributed by atoms with E-state index in [1.165, 1.54) is 11.8 Å². The molecular formula is C10H18N2O4.